The second-order valence-corrected chi connectivity index (χ2v) is 7.53. The van der Waals surface area contributed by atoms with Crippen molar-refractivity contribution in [1.82, 2.24) is 15.1 Å². The summed E-state index contributed by atoms with van der Waals surface area (Å²) in [6.07, 6.45) is 11.2. The van der Waals surface area contributed by atoms with Gasteiger partial charge in [0.2, 0.25) is 0 Å². The summed E-state index contributed by atoms with van der Waals surface area (Å²) in [4.78, 5) is 5.64. The largest absolute Gasteiger partial charge is 0.314 e. The van der Waals surface area contributed by atoms with Crippen molar-refractivity contribution in [2.75, 3.05) is 26.2 Å². The fourth-order valence-corrected chi connectivity index (χ4v) is 5.08. The van der Waals surface area contributed by atoms with Gasteiger partial charge >= 0.3 is 0 Å². The second-order valence-electron chi connectivity index (χ2n) is 7.53. The van der Waals surface area contributed by atoms with Crippen LogP contribution in [0.4, 0.5) is 0 Å². The number of fused-ring (bicyclic) bond motifs is 2. The number of hydrogen-bond acceptors (Lipinski definition) is 3. The molecule has 3 aliphatic heterocycles. The molecule has 3 heteroatoms. The number of likely N-dealkylation sites (tertiary alicyclic amines) is 1. The molecule has 3 aliphatic rings. The first-order chi connectivity index (χ1) is 10.3. The highest BCUT2D eigenvalue weighted by atomic mass is 15.3. The monoisotopic (exact) mass is 293 g/mol. The molecule has 2 atom stereocenters. The molecule has 122 valence electrons. The number of nitrogens with one attached hydrogen (secondary N) is 1. The average Bonchev–Trinajstić information content (AvgIpc) is 2.77. The lowest BCUT2D eigenvalue weighted by molar-refractivity contribution is 0.0338. The topological polar surface area (TPSA) is 18.5 Å². The number of nitrogens with zero attached hydrogens (tertiary/aromatic N) is 2. The van der Waals surface area contributed by atoms with E-state index in [-0.39, 0.29) is 0 Å². The minimum Gasteiger partial charge on any atom is -0.314 e. The summed E-state index contributed by atoms with van der Waals surface area (Å²) in [5.41, 5.74) is 0. The van der Waals surface area contributed by atoms with Gasteiger partial charge in [-0.25, -0.2) is 0 Å². The summed E-state index contributed by atoms with van der Waals surface area (Å²) in [5, 5.41) is 3.78. The Morgan fingerprint density at radius 2 is 1.52 bits per heavy atom. The standard InChI is InChI=1S/C18H35N3/c1-3-9-19-15-13-17-5-6-18(14-15)21(17)16-7-11-20(10-4-2)12-8-16/h15-19H,3-14H2,1-2H3. The molecule has 0 aliphatic carbocycles. The summed E-state index contributed by atoms with van der Waals surface area (Å²) in [6, 6.07) is 3.48. The zero-order chi connectivity index (χ0) is 14.7. The molecule has 3 heterocycles. The molecular formula is C18H35N3. The van der Waals surface area contributed by atoms with Crippen LogP contribution in [-0.2, 0) is 0 Å². The quantitative estimate of drug-likeness (QED) is 0.812. The third-order valence-electron chi connectivity index (χ3n) is 5.99. The maximum atomic E-state index is 3.78. The lowest BCUT2D eigenvalue weighted by Gasteiger charge is -2.46. The van der Waals surface area contributed by atoms with E-state index in [9.17, 15) is 0 Å². The Bertz CT molecular complexity index is 298. The molecule has 0 spiro atoms. The average molecular weight is 293 g/mol. The van der Waals surface area contributed by atoms with E-state index in [1.54, 1.807) is 0 Å². The first-order valence-electron chi connectivity index (χ1n) is 9.55. The van der Waals surface area contributed by atoms with Crippen LogP contribution in [0.5, 0.6) is 0 Å². The van der Waals surface area contributed by atoms with E-state index in [4.69, 9.17) is 0 Å². The molecule has 0 radical (unpaired) electrons. The molecule has 3 nitrogen and oxygen atoms in total. The summed E-state index contributed by atoms with van der Waals surface area (Å²) in [5.74, 6) is 0. The van der Waals surface area contributed by atoms with Crippen molar-refractivity contribution in [3.63, 3.8) is 0 Å². The van der Waals surface area contributed by atoms with E-state index in [0.29, 0.717) is 0 Å². The molecule has 0 amide bonds. The maximum absolute atomic E-state index is 3.78. The van der Waals surface area contributed by atoms with Gasteiger partial charge in [-0.1, -0.05) is 13.8 Å². The molecule has 21 heavy (non-hydrogen) atoms. The molecule has 3 fully saturated rings. The van der Waals surface area contributed by atoms with E-state index in [1.165, 1.54) is 77.5 Å². The van der Waals surface area contributed by atoms with Crippen LogP contribution < -0.4 is 5.32 Å². The Balaban J connectivity index is 1.51. The van der Waals surface area contributed by atoms with E-state index in [1.807, 2.05) is 0 Å². The Morgan fingerprint density at radius 3 is 2.10 bits per heavy atom. The van der Waals surface area contributed by atoms with Crippen molar-refractivity contribution in [3.8, 4) is 0 Å². The second kappa shape index (κ2) is 7.43. The first kappa shape index (κ1) is 15.8. The summed E-state index contributed by atoms with van der Waals surface area (Å²) < 4.78 is 0. The van der Waals surface area contributed by atoms with Crippen LogP contribution in [0.2, 0.25) is 0 Å². The van der Waals surface area contributed by atoms with Crippen molar-refractivity contribution in [3.05, 3.63) is 0 Å². The normalized spacial score (nSPS) is 35.4. The molecule has 3 saturated heterocycles. The van der Waals surface area contributed by atoms with Gasteiger partial charge in [0.1, 0.15) is 0 Å². The van der Waals surface area contributed by atoms with Gasteiger partial charge in [-0.15, -0.1) is 0 Å². The fourth-order valence-electron chi connectivity index (χ4n) is 5.08. The van der Waals surface area contributed by atoms with E-state index >= 15 is 0 Å². The number of piperidine rings is 2. The molecular weight excluding hydrogens is 258 g/mol. The van der Waals surface area contributed by atoms with Crippen LogP contribution in [-0.4, -0.2) is 60.1 Å². The highest BCUT2D eigenvalue weighted by Crippen LogP contribution is 2.39. The highest BCUT2D eigenvalue weighted by Gasteiger charge is 2.43. The van der Waals surface area contributed by atoms with Crippen molar-refractivity contribution in [2.45, 2.75) is 89.4 Å². The molecule has 0 aromatic rings. The smallest absolute Gasteiger partial charge is 0.0125 e. The minimum absolute atomic E-state index is 0.805. The molecule has 2 unspecified atom stereocenters. The Labute approximate surface area is 131 Å². The predicted molar refractivity (Wildman–Crippen MR) is 89.7 cm³/mol. The van der Waals surface area contributed by atoms with Gasteiger partial charge in [0, 0.05) is 24.2 Å². The highest BCUT2D eigenvalue weighted by molar-refractivity contribution is 5.00. The Morgan fingerprint density at radius 1 is 0.857 bits per heavy atom. The van der Waals surface area contributed by atoms with Crippen molar-refractivity contribution >= 4 is 0 Å². The van der Waals surface area contributed by atoms with Gasteiger partial charge in [-0.3, -0.25) is 4.90 Å². The maximum Gasteiger partial charge on any atom is 0.0125 e. The van der Waals surface area contributed by atoms with Gasteiger partial charge < -0.3 is 10.2 Å². The van der Waals surface area contributed by atoms with Crippen molar-refractivity contribution in [1.29, 1.82) is 0 Å². The van der Waals surface area contributed by atoms with E-state index < -0.39 is 0 Å². The van der Waals surface area contributed by atoms with E-state index in [2.05, 4.69) is 29.0 Å². The van der Waals surface area contributed by atoms with Crippen LogP contribution >= 0.6 is 0 Å². The van der Waals surface area contributed by atoms with Crippen LogP contribution in [0.25, 0.3) is 0 Å². The van der Waals surface area contributed by atoms with Gasteiger partial charge in [-0.2, -0.15) is 0 Å². The minimum atomic E-state index is 0.805. The lowest BCUT2D eigenvalue weighted by Crippen LogP contribution is -2.55. The predicted octanol–water partition coefficient (Wildman–Crippen LogP) is 2.86. The zero-order valence-corrected chi connectivity index (χ0v) is 14.2. The molecule has 1 N–H and O–H groups in total. The Kier molecular flexibility index (Phi) is 5.58. The van der Waals surface area contributed by atoms with Crippen molar-refractivity contribution < 1.29 is 0 Å². The number of hydrogen-bond donors (Lipinski definition) is 1. The van der Waals surface area contributed by atoms with Crippen molar-refractivity contribution in [2.24, 2.45) is 0 Å². The first-order valence-corrected chi connectivity index (χ1v) is 9.55. The molecule has 0 aromatic carbocycles. The number of rotatable bonds is 6. The summed E-state index contributed by atoms with van der Waals surface area (Å²) in [6.45, 7) is 9.78. The van der Waals surface area contributed by atoms with Crippen LogP contribution in [0.15, 0.2) is 0 Å². The SMILES string of the molecule is CCCNC1CC2CCC(C1)N2C1CCN(CCC)CC1. The molecule has 3 rings (SSSR count). The van der Waals surface area contributed by atoms with Crippen LogP contribution in [0.1, 0.15) is 65.2 Å². The zero-order valence-electron chi connectivity index (χ0n) is 14.2. The van der Waals surface area contributed by atoms with Gasteiger partial charge in [0.25, 0.3) is 0 Å². The fraction of sp³-hybridized carbons (Fsp3) is 1.00. The molecule has 0 aromatic heterocycles. The third-order valence-corrected chi connectivity index (χ3v) is 5.99. The molecule has 0 saturated carbocycles. The lowest BCUT2D eigenvalue weighted by atomic mass is 9.92. The van der Waals surface area contributed by atoms with Crippen LogP contribution in [0, 0.1) is 0 Å². The summed E-state index contributed by atoms with van der Waals surface area (Å²) >= 11 is 0. The molecule has 2 bridgehead atoms. The summed E-state index contributed by atoms with van der Waals surface area (Å²) in [7, 11) is 0. The van der Waals surface area contributed by atoms with Gasteiger partial charge in [0.15, 0.2) is 0 Å². The van der Waals surface area contributed by atoms with Crippen LogP contribution in [0.3, 0.4) is 0 Å². The Hall–Kier alpha value is -0.120. The van der Waals surface area contributed by atoms with Gasteiger partial charge in [0.05, 0.1) is 0 Å². The van der Waals surface area contributed by atoms with Gasteiger partial charge in [-0.05, 0) is 77.5 Å². The third kappa shape index (κ3) is 3.62. The van der Waals surface area contributed by atoms with E-state index in [0.717, 1.165) is 24.2 Å².